The first kappa shape index (κ1) is 17.1. The summed E-state index contributed by atoms with van der Waals surface area (Å²) in [6, 6.07) is 5.31. The lowest BCUT2D eigenvalue weighted by molar-refractivity contribution is -0.124. The Hall–Kier alpha value is -2.28. The Morgan fingerprint density at radius 2 is 1.87 bits per heavy atom. The highest BCUT2D eigenvalue weighted by atomic mass is 16.5. The number of nitrogens with one attached hydrogen (secondary N) is 3. The Labute approximate surface area is 135 Å². The second kappa shape index (κ2) is 8.38. The van der Waals surface area contributed by atoms with Crippen LogP contribution < -0.4 is 25.4 Å². The molecule has 0 spiro atoms. The molecular weight excluding hydrogens is 298 g/mol. The highest BCUT2D eigenvalue weighted by molar-refractivity contribution is 5.94. The van der Waals surface area contributed by atoms with Crippen LogP contribution >= 0.6 is 0 Å². The van der Waals surface area contributed by atoms with Crippen LogP contribution in [0.4, 0.5) is 5.69 Å². The molecule has 1 aliphatic heterocycles. The number of rotatable bonds is 7. The maximum atomic E-state index is 11.9. The van der Waals surface area contributed by atoms with E-state index >= 15 is 0 Å². The minimum absolute atomic E-state index is 0.0644. The van der Waals surface area contributed by atoms with Crippen molar-refractivity contribution in [1.82, 2.24) is 10.6 Å². The average molecular weight is 321 g/mol. The van der Waals surface area contributed by atoms with Gasteiger partial charge in [-0.05, 0) is 19.4 Å². The number of hydrogen-bond donors (Lipinski definition) is 3. The van der Waals surface area contributed by atoms with Crippen molar-refractivity contribution in [1.29, 1.82) is 0 Å². The van der Waals surface area contributed by atoms with Crippen LogP contribution in [-0.2, 0) is 9.59 Å². The lowest BCUT2D eigenvalue weighted by Gasteiger charge is -2.12. The molecule has 0 radical (unpaired) electrons. The summed E-state index contributed by atoms with van der Waals surface area (Å²) >= 11 is 0. The Morgan fingerprint density at radius 1 is 1.17 bits per heavy atom. The van der Waals surface area contributed by atoms with Crippen molar-refractivity contribution in [2.24, 2.45) is 0 Å². The zero-order valence-corrected chi connectivity index (χ0v) is 13.5. The van der Waals surface area contributed by atoms with E-state index in [1.165, 1.54) is 14.2 Å². The van der Waals surface area contributed by atoms with E-state index < -0.39 is 0 Å². The van der Waals surface area contributed by atoms with Crippen LogP contribution in [0.2, 0.25) is 0 Å². The van der Waals surface area contributed by atoms with Gasteiger partial charge in [0, 0.05) is 36.3 Å². The normalized spacial score (nSPS) is 16.7. The summed E-state index contributed by atoms with van der Waals surface area (Å²) < 4.78 is 10.3. The highest BCUT2D eigenvalue weighted by Gasteiger charge is 2.17. The van der Waals surface area contributed by atoms with Crippen LogP contribution in [0.5, 0.6) is 11.5 Å². The van der Waals surface area contributed by atoms with E-state index in [1.807, 2.05) is 0 Å². The Kier molecular flexibility index (Phi) is 6.22. The smallest absolute Gasteiger partial charge is 0.243 e. The summed E-state index contributed by atoms with van der Waals surface area (Å²) in [4.78, 5) is 23.7. The molecule has 3 N–H and O–H groups in total. The molecule has 1 atom stereocenters. The van der Waals surface area contributed by atoms with Crippen LogP contribution in [0, 0.1) is 0 Å². The Balaban J connectivity index is 1.80. The van der Waals surface area contributed by atoms with Crippen molar-refractivity contribution in [2.75, 3.05) is 32.6 Å². The van der Waals surface area contributed by atoms with Crippen molar-refractivity contribution in [3.63, 3.8) is 0 Å². The molecule has 1 saturated heterocycles. The molecule has 7 heteroatoms. The number of hydrogen-bond acceptors (Lipinski definition) is 5. The topological polar surface area (TPSA) is 88.7 Å². The van der Waals surface area contributed by atoms with E-state index in [2.05, 4.69) is 16.0 Å². The maximum Gasteiger partial charge on any atom is 0.243 e. The fourth-order valence-electron chi connectivity index (χ4n) is 2.49. The van der Waals surface area contributed by atoms with Gasteiger partial charge >= 0.3 is 0 Å². The van der Waals surface area contributed by atoms with E-state index in [1.54, 1.807) is 18.2 Å². The molecule has 0 aliphatic carbocycles. The molecule has 1 aliphatic rings. The van der Waals surface area contributed by atoms with Gasteiger partial charge in [0.05, 0.1) is 20.8 Å². The van der Waals surface area contributed by atoms with E-state index in [9.17, 15) is 9.59 Å². The standard InChI is InChI=1S/C16H23N3O4/c1-22-13-6-12(7-14(9-13)23-2)19-16(21)10-18-15(20)8-11-4-3-5-17-11/h6-7,9,11,17H,3-5,8,10H2,1-2H3,(H,18,20)(H,19,21). The Morgan fingerprint density at radius 3 is 2.43 bits per heavy atom. The maximum absolute atomic E-state index is 11.9. The molecule has 0 aromatic heterocycles. The van der Waals surface area contributed by atoms with Gasteiger partial charge in [0.25, 0.3) is 0 Å². The predicted octanol–water partition coefficient (Wildman–Crippen LogP) is 0.901. The molecule has 2 amide bonds. The van der Waals surface area contributed by atoms with Gasteiger partial charge in [-0.1, -0.05) is 0 Å². The number of benzene rings is 1. The lowest BCUT2D eigenvalue weighted by Crippen LogP contribution is -2.36. The number of carbonyl (C=O) groups excluding carboxylic acids is 2. The quantitative estimate of drug-likeness (QED) is 0.694. The van der Waals surface area contributed by atoms with Gasteiger partial charge in [-0.2, -0.15) is 0 Å². The molecule has 1 unspecified atom stereocenters. The van der Waals surface area contributed by atoms with Gasteiger partial charge < -0.3 is 25.4 Å². The summed E-state index contributed by atoms with van der Waals surface area (Å²) in [6.45, 7) is 0.890. The predicted molar refractivity (Wildman–Crippen MR) is 86.8 cm³/mol. The molecule has 1 aromatic rings. The zero-order chi connectivity index (χ0) is 16.7. The Bertz CT molecular complexity index is 534. The average Bonchev–Trinajstić information content (AvgIpc) is 3.05. The third kappa shape index (κ3) is 5.45. The SMILES string of the molecule is COc1cc(NC(=O)CNC(=O)CC2CCCN2)cc(OC)c1. The fraction of sp³-hybridized carbons (Fsp3) is 0.500. The molecule has 23 heavy (non-hydrogen) atoms. The van der Waals surface area contributed by atoms with Gasteiger partial charge in [-0.25, -0.2) is 0 Å². The monoisotopic (exact) mass is 321 g/mol. The minimum Gasteiger partial charge on any atom is -0.497 e. The summed E-state index contributed by atoms with van der Waals surface area (Å²) in [7, 11) is 3.08. The summed E-state index contributed by atoms with van der Waals surface area (Å²) in [6.07, 6.45) is 2.50. The number of methoxy groups -OCH3 is 2. The molecular formula is C16H23N3O4. The number of anilines is 1. The molecule has 1 fully saturated rings. The van der Waals surface area contributed by atoms with Gasteiger partial charge in [-0.3, -0.25) is 9.59 Å². The van der Waals surface area contributed by atoms with E-state index in [-0.39, 0.29) is 24.4 Å². The highest BCUT2D eigenvalue weighted by Crippen LogP contribution is 2.25. The summed E-state index contributed by atoms with van der Waals surface area (Å²) in [5.41, 5.74) is 0.554. The van der Waals surface area contributed by atoms with Crippen LogP contribution in [0.1, 0.15) is 19.3 Å². The molecule has 126 valence electrons. The van der Waals surface area contributed by atoms with Gasteiger partial charge in [0.1, 0.15) is 11.5 Å². The van der Waals surface area contributed by atoms with Crippen molar-refractivity contribution >= 4 is 17.5 Å². The first-order valence-corrected chi connectivity index (χ1v) is 7.63. The number of ether oxygens (including phenoxy) is 2. The van der Waals surface area contributed by atoms with Crippen molar-refractivity contribution < 1.29 is 19.1 Å². The summed E-state index contributed by atoms with van der Waals surface area (Å²) in [5, 5.41) is 8.60. The molecule has 0 saturated carbocycles. The van der Waals surface area contributed by atoms with Crippen molar-refractivity contribution in [2.45, 2.75) is 25.3 Å². The van der Waals surface area contributed by atoms with Crippen LogP contribution in [0.3, 0.4) is 0 Å². The number of amides is 2. The van der Waals surface area contributed by atoms with Crippen LogP contribution in [0.15, 0.2) is 18.2 Å². The fourth-order valence-corrected chi connectivity index (χ4v) is 2.49. The number of carbonyl (C=O) groups is 2. The van der Waals surface area contributed by atoms with Crippen molar-refractivity contribution in [3.05, 3.63) is 18.2 Å². The summed E-state index contributed by atoms with van der Waals surface area (Å²) in [5.74, 6) is 0.739. The minimum atomic E-state index is -0.298. The molecule has 7 nitrogen and oxygen atoms in total. The first-order chi connectivity index (χ1) is 11.1. The van der Waals surface area contributed by atoms with E-state index in [0.29, 0.717) is 23.6 Å². The molecule has 0 bridgehead atoms. The largest absolute Gasteiger partial charge is 0.497 e. The lowest BCUT2D eigenvalue weighted by atomic mass is 10.1. The van der Waals surface area contributed by atoms with Gasteiger partial charge in [0.2, 0.25) is 11.8 Å². The van der Waals surface area contributed by atoms with Gasteiger partial charge in [0.15, 0.2) is 0 Å². The molecule has 1 heterocycles. The molecule has 1 aromatic carbocycles. The van der Waals surface area contributed by atoms with Crippen molar-refractivity contribution in [3.8, 4) is 11.5 Å². The first-order valence-electron chi connectivity index (χ1n) is 7.63. The van der Waals surface area contributed by atoms with Crippen LogP contribution in [-0.4, -0.2) is 45.2 Å². The second-order valence-electron chi connectivity index (χ2n) is 5.42. The van der Waals surface area contributed by atoms with Crippen LogP contribution in [0.25, 0.3) is 0 Å². The van der Waals surface area contributed by atoms with Gasteiger partial charge in [-0.15, -0.1) is 0 Å². The second-order valence-corrected chi connectivity index (χ2v) is 5.42. The third-order valence-corrected chi connectivity index (χ3v) is 3.68. The van der Waals surface area contributed by atoms with E-state index in [4.69, 9.17) is 9.47 Å². The molecule has 2 rings (SSSR count). The third-order valence-electron chi connectivity index (χ3n) is 3.68. The van der Waals surface area contributed by atoms with E-state index in [0.717, 1.165) is 19.4 Å². The zero-order valence-electron chi connectivity index (χ0n) is 13.5.